The number of amides is 1. The van der Waals surface area contributed by atoms with Gasteiger partial charge in [-0.15, -0.1) is 11.3 Å². The smallest absolute Gasteiger partial charge is 0.267 e. The fraction of sp³-hybridized carbons (Fsp3) is 0.167. The second kappa shape index (κ2) is 5.46. The maximum absolute atomic E-state index is 12.6. The van der Waals surface area contributed by atoms with Crippen molar-refractivity contribution in [1.82, 2.24) is 4.57 Å². The molecule has 0 atom stereocenters. The van der Waals surface area contributed by atoms with Crippen LogP contribution in [0.15, 0.2) is 54.2 Å². The van der Waals surface area contributed by atoms with Crippen LogP contribution in [0.1, 0.15) is 27.2 Å². The van der Waals surface area contributed by atoms with Crippen molar-refractivity contribution in [2.45, 2.75) is 19.3 Å². The molecule has 4 rings (SSSR count). The van der Waals surface area contributed by atoms with Crippen LogP contribution in [-0.2, 0) is 12.8 Å². The molecule has 0 saturated carbocycles. The molecule has 110 valence electrons. The monoisotopic (exact) mass is 308 g/mol. The quantitative estimate of drug-likeness (QED) is 0.770. The van der Waals surface area contributed by atoms with Crippen molar-refractivity contribution in [3.05, 3.63) is 70.2 Å². The molecule has 0 spiro atoms. The van der Waals surface area contributed by atoms with Gasteiger partial charge in [0.25, 0.3) is 5.91 Å². The molecule has 22 heavy (non-hydrogen) atoms. The number of benzene rings is 1. The van der Waals surface area contributed by atoms with Gasteiger partial charge in [-0.25, -0.2) is 0 Å². The van der Waals surface area contributed by atoms with Gasteiger partial charge >= 0.3 is 0 Å². The summed E-state index contributed by atoms with van der Waals surface area (Å²) >= 11 is 1.47. The highest BCUT2D eigenvalue weighted by Crippen LogP contribution is 2.26. The average Bonchev–Trinajstić information content (AvgIpc) is 3.26. The first-order valence-corrected chi connectivity index (χ1v) is 8.33. The fourth-order valence-electron chi connectivity index (χ4n) is 3.01. The van der Waals surface area contributed by atoms with Crippen molar-refractivity contribution in [2.75, 3.05) is 5.32 Å². The highest BCUT2D eigenvalue weighted by molar-refractivity contribution is 7.12. The SMILES string of the molecule is O=C(Nc1ccc2c(c1)CCC2)c1sccc1-n1cccc1. The van der Waals surface area contributed by atoms with Gasteiger partial charge in [0.2, 0.25) is 0 Å². The highest BCUT2D eigenvalue weighted by atomic mass is 32.1. The minimum Gasteiger partial charge on any atom is -0.322 e. The topological polar surface area (TPSA) is 34.0 Å². The lowest BCUT2D eigenvalue weighted by Gasteiger charge is -2.08. The second-order valence-electron chi connectivity index (χ2n) is 5.52. The summed E-state index contributed by atoms with van der Waals surface area (Å²) in [4.78, 5) is 13.3. The Bertz CT molecular complexity index is 817. The van der Waals surface area contributed by atoms with Crippen molar-refractivity contribution < 1.29 is 4.79 Å². The number of anilines is 1. The lowest BCUT2D eigenvalue weighted by atomic mass is 10.1. The lowest BCUT2D eigenvalue weighted by Crippen LogP contribution is -2.12. The van der Waals surface area contributed by atoms with Crippen molar-refractivity contribution in [2.24, 2.45) is 0 Å². The molecule has 0 unspecified atom stereocenters. The molecule has 1 aliphatic rings. The van der Waals surface area contributed by atoms with E-state index in [1.54, 1.807) is 0 Å². The van der Waals surface area contributed by atoms with E-state index in [4.69, 9.17) is 0 Å². The molecule has 0 fully saturated rings. The predicted molar refractivity (Wildman–Crippen MR) is 90.1 cm³/mol. The number of hydrogen-bond donors (Lipinski definition) is 1. The molecule has 2 aromatic heterocycles. The molecule has 2 heterocycles. The van der Waals surface area contributed by atoms with Gasteiger partial charge in [-0.1, -0.05) is 6.07 Å². The summed E-state index contributed by atoms with van der Waals surface area (Å²) in [6.45, 7) is 0. The van der Waals surface area contributed by atoms with E-state index < -0.39 is 0 Å². The van der Waals surface area contributed by atoms with Gasteiger partial charge in [0.1, 0.15) is 4.88 Å². The molecule has 3 aromatic rings. The molecule has 4 heteroatoms. The van der Waals surface area contributed by atoms with E-state index in [2.05, 4.69) is 17.4 Å². The first kappa shape index (κ1) is 13.3. The van der Waals surface area contributed by atoms with E-state index in [1.165, 1.54) is 28.9 Å². The van der Waals surface area contributed by atoms with Gasteiger partial charge in [-0.05, 0) is 66.1 Å². The molecule has 0 saturated heterocycles. The normalized spacial score (nSPS) is 13.1. The first-order valence-electron chi connectivity index (χ1n) is 7.45. The van der Waals surface area contributed by atoms with E-state index in [-0.39, 0.29) is 5.91 Å². The summed E-state index contributed by atoms with van der Waals surface area (Å²) in [5.41, 5.74) is 4.60. The number of carbonyl (C=O) groups is 1. The van der Waals surface area contributed by atoms with Gasteiger partial charge in [0.05, 0.1) is 5.69 Å². The number of rotatable bonds is 3. The summed E-state index contributed by atoms with van der Waals surface area (Å²) in [5, 5.41) is 4.99. The number of nitrogens with zero attached hydrogens (tertiary/aromatic N) is 1. The minimum atomic E-state index is -0.0448. The Morgan fingerprint density at radius 1 is 1.09 bits per heavy atom. The minimum absolute atomic E-state index is 0.0448. The summed E-state index contributed by atoms with van der Waals surface area (Å²) in [7, 11) is 0. The van der Waals surface area contributed by atoms with Gasteiger partial charge in [-0.3, -0.25) is 4.79 Å². The highest BCUT2D eigenvalue weighted by Gasteiger charge is 2.16. The zero-order valence-corrected chi connectivity index (χ0v) is 12.9. The van der Waals surface area contributed by atoms with Crippen LogP contribution in [0.3, 0.4) is 0 Å². The van der Waals surface area contributed by atoms with E-state index >= 15 is 0 Å². The third-order valence-electron chi connectivity index (χ3n) is 4.09. The number of aromatic nitrogens is 1. The van der Waals surface area contributed by atoms with Crippen LogP contribution in [0.4, 0.5) is 5.69 Å². The Kier molecular flexibility index (Phi) is 3.31. The molecule has 0 bridgehead atoms. The second-order valence-corrected chi connectivity index (χ2v) is 6.43. The van der Waals surface area contributed by atoms with Gasteiger partial charge < -0.3 is 9.88 Å². The van der Waals surface area contributed by atoms with Crippen LogP contribution in [0.25, 0.3) is 5.69 Å². The molecular weight excluding hydrogens is 292 g/mol. The third-order valence-corrected chi connectivity index (χ3v) is 4.99. The Morgan fingerprint density at radius 3 is 2.77 bits per heavy atom. The van der Waals surface area contributed by atoms with Crippen molar-refractivity contribution in [3.63, 3.8) is 0 Å². The van der Waals surface area contributed by atoms with E-state index in [0.29, 0.717) is 0 Å². The van der Waals surface area contributed by atoms with Crippen molar-refractivity contribution >= 4 is 22.9 Å². The van der Waals surface area contributed by atoms with Gasteiger partial charge in [-0.2, -0.15) is 0 Å². The van der Waals surface area contributed by atoms with Crippen LogP contribution in [0, 0.1) is 0 Å². The molecular formula is C18H16N2OS. The average molecular weight is 308 g/mol. The van der Waals surface area contributed by atoms with E-state index in [9.17, 15) is 4.79 Å². The Hall–Kier alpha value is -2.33. The summed E-state index contributed by atoms with van der Waals surface area (Å²) in [6, 6.07) is 12.1. The zero-order valence-electron chi connectivity index (χ0n) is 12.1. The van der Waals surface area contributed by atoms with Crippen molar-refractivity contribution in [3.8, 4) is 5.69 Å². The number of carbonyl (C=O) groups excluding carboxylic acids is 1. The summed E-state index contributed by atoms with van der Waals surface area (Å²) < 4.78 is 1.97. The van der Waals surface area contributed by atoms with E-state index in [0.717, 1.165) is 29.1 Å². The van der Waals surface area contributed by atoms with Gasteiger partial charge in [0, 0.05) is 18.1 Å². The zero-order chi connectivity index (χ0) is 14.9. The van der Waals surface area contributed by atoms with Crippen molar-refractivity contribution in [1.29, 1.82) is 0 Å². The van der Waals surface area contributed by atoms with Gasteiger partial charge in [0.15, 0.2) is 0 Å². The Morgan fingerprint density at radius 2 is 1.91 bits per heavy atom. The molecule has 1 N–H and O–H groups in total. The number of hydrogen-bond acceptors (Lipinski definition) is 2. The van der Waals surface area contributed by atoms with Crippen LogP contribution in [0.2, 0.25) is 0 Å². The molecule has 1 aliphatic carbocycles. The lowest BCUT2D eigenvalue weighted by molar-refractivity contribution is 0.103. The largest absolute Gasteiger partial charge is 0.322 e. The summed E-state index contributed by atoms with van der Waals surface area (Å²) in [5.74, 6) is -0.0448. The molecule has 0 radical (unpaired) electrons. The fourth-order valence-corrected chi connectivity index (χ4v) is 3.79. The predicted octanol–water partition coefficient (Wildman–Crippen LogP) is 4.28. The molecule has 1 amide bonds. The molecule has 1 aromatic carbocycles. The number of thiophene rings is 1. The first-order chi connectivity index (χ1) is 10.8. The van der Waals surface area contributed by atoms with Crippen LogP contribution in [-0.4, -0.2) is 10.5 Å². The number of nitrogens with one attached hydrogen (secondary N) is 1. The van der Waals surface area contributed by atoms with Crippen LogP contribution < -0.4 is 5.32 Å². The van der Waals surface area contributed by atoms with Crippen LogP contribution in [0.5, 0.6) is 0 Å². The van der Waals surface area contributed by atoms with Crippen LogP contribution >= 0.6 is 11.3 Å². The molecule has 0 aliphatic heterocycles. The maximum atomic E-state index is 12.6. The van der Waals surface area contributed by atoms with E-state index in [1.807, 2.05) is 46.6 Å². The third kappa shape index (κ3) is 2.35. The number of fused-ring (bicyclic) bond motifs is 1. The Labute approximate surface area is 133 Å². The molecule has 3 nitrogen and oxygen atoms in total. The summed E-state index contributed by atoms with van der Waals surface area (Å²) in [6.07, 6.45) is 7.40. The standard InChI is InChI=1S/C18H16N2OS/c21-18(17-16(8-11-22-17)20-9-1-2-10-20)19-15-7-6-13-4-3-5-14(13)12-15/h1-2,6-12H,3-5H2,(H,19,21). The Balaban J connectivity index is 1.59. The maximum Gasteiger partial charge on any atom is 0.267 e. The number of aryl methyl sites for hydroxylation is 2.